The molecule has 0 N–H and O–H groups in total. The van der Waals surface area contributed by atoms with E-state index in [1.54, 1.807) is 5.57 Å². The van der Waals surface area contributed by atoms with Crippen LogP contribution in [0.25, 0.3) is 0 Å². The Kier molecular flexibility index (Phi) is 3.74. The Morgan fingerprint density at radius 1 is 1.53 bits per heavy atom. The lowest BCUT2D eigenvalue weighted by molar-refractivity contribution is 0.360. The number of nitrogens with zero attached hydrogens (tertiary/aromatic N) is 1. The molecule has 0 spiro atoms. The molecule has 0 saturated heterocycles. The number of hydrogen-bond donors (Lipinski definition) is 0. The molecular weight excluding hydrogens is 182 g/mol. The molecular formula is C14H21N. The molecule has 0 radical (unpaired) electrons. The highest BCUT2D eigenvalue weighted by molar-refractivity contribution is 5.28. The van der Waals surface area contributed by atoms with Crippen molar-refractivity contribution in [2.75, 3.05) is 0 Å². The van der Waals surface area contributed by atoms with E-state index in [1.807, 2.05) is 6.92 Å². The molecule has 1 rings (SSSR count). The molecule has 0 heterocycles. The van der Waals surface area contributed by atoms with E-state index < -0.39 is 0 Å². The van der Waals surface area contributed by atoms with Gasteiger partial charge in [-0.3, -0.25) is 0 Å². The van der Waals surface area contributed by atoms with Crippen molar-refractivity contribution < 1.29 is 0 Å². The maximum absolute atomic E-state index is 8.73. The second-order valence-electron chi connectivity index (χ2n) is 5.20. The summed E-state index contributed by atoms with van der Waals surface area (Å²) in [4.78, 5) is 0. The van der Waals surface area contributed by atoms with E-state index in [2.05, 4.69) is 32.9 Å². The van der Waals surface area contributed by atoms with Crippen LogP contribution in [0.5, 0.6) is 0 Å². The average molecular weight is 203 g/mol. The van der Waals surface area contributed by atoms with Gasteiger partial charge in [0.25, 0.3) is 0 Å². The van der Waals surface area contributed by atoms with Crippen LogP contribution in [0.3, 0.4) is 0 Å². The number of allylic oxidation sites excluding steroid dienone is 4. The first-order valence-electron chi connectivity index (χ1n) is 5.73. The van der Waals surface area contributed by atoms with Gasteiger partial charge in [0.1, 0.15) is 0 Å². The lowest BCUT2D eigenvalue weighted by atomic mass is 9.71. The molecule has 0 unspecified atom stereocenters. The highest BCUT2D eigenvalue weighted by atomic mass is 14.3. The summed E-state index contributed by atoms with van der Waals surface area (Å²) in [6, 6.07) is 2.19. The molecule has 0 aromatic heterocycles. The van der Waals surface area contributed by atoms with Crippen molar-refractivity contribution in [3.05, 3.63) is 22.8 Å². The molecule has 1 aliphatic rings. The van der Waals surface area contributed by atoms with Crippen LogP contribution in [-0.2, 0) is 0 Å². The fraction of sp³-hybridized carbons (Fsp3) is 0.643. The maximum Gasteiger partial charge on any atom is 0.0940 e. The minimum atomic E-state index is 0.328. The predicted molar refractivity (Wildman–Crippen MR) is 64.3 cm³/mol. The van der Waals surface area contributed by atoms with Gasteiger partial charge in [0.05, 0.1) is 6.07 Å². The predicted octanol–water partition coefficient (Wildman–Crippen LogP) is 4.37. The molecule has 0 saturated carbocycles. The van der Waals surface area contributed by atoms with Gasteiger partial charge in [0, 0.05) is 5.57 Å². The fourth-order valence-electron chi connectivity index (χ4n) is 2.43. The summed E-state index contributed by atoms with van der Waals surface area (Å²) >= 11 is 0. The molecule has 82 valence electrons. The molecule has 0 amide bonds. The van der Waals surface area contributed by atoms with Gasteiger partial charge in [-0.25, -0.2) is 0 Å². The molecule has 1 aliphatic carbocycles. The van der Waals surface area contributed by atoms with Crippen molar-refractivity contribution in [3.8, 4) is 6.07 Å². The molecule has 0 fully saturated rings. The average Bonchev–Trinajstić information content (AvgIpc) is 2.15. The van der Waals surface area contributed by atoms with Crippen LogP contribution in [0.15, 0.2) is 22.8 Å². The van der Waals surface area contributed by atoms with E-state index in [0.29, 0.717) is 5.41 Å². The van der Waals surface area contributed by atoms with Crippen molar-refractivity contribution in [1.82, 2.24) is 0 Å². The largest absolute Gasteiger partial charge is 0.193 e. The van der Waals surface area contributed by atoms with Crippen molar-refractivity contribution in [2.45, 2.75) is 53.4 Å². The van der Waals surface area contributed by atoms with Crippen LogP contribution in [0.2, 0.25) is 0 Å². The van der Waals surface area contributed by atoms with Crippen LogP contribution < -0.4 is 0 Å². The Balaban J connectivity index is 2.87. The van der Waals surface area contributed by atoms with E-state index in [4.69, 9.17) is 5.26 Å². The Bertz CT molecular complexity index is 337. The highest BCUT2D eigenvalue weighted by Crippen LogP contribution is 2.41. The van der Waals surface area contributed by atoms with Gasteiger partial charge in [-0.1, -0.05) is 31.1 Å². The number of hydrogen-bond acceptors (Lipinski definition) is 1. The summed E-state index contributed by atoms with van der Waals surface area (Å²) in [7, 11) is 0. The summed E-state index contributed by atoms with van der Waals surface area (Å²) in [6.07, 6.45) is 6.84. The normalized spacial score (nSPS) is 21.4. The van der Waals surface area contributed by atoms with Gasteiger partial charge >= 0.3 is 0 Å². The molecule has 0 atom stereocenters. The number of rotatable bonds is 2. The lowest BCUT2D eigenvalue weighted by Gasteiger charge is -2.34. The third-order valence-electron chi connectivity index (χ3n) is 3.47. The van der Waals surface area contributed by atoms with Crippen LogP contribution in [0.1, 0.15) is 53.4 Å². The van der Waals surface area contributed by atoms with E-state index in [0.717, 1.165) is 12.0 Å². The number of nitriles is 1. The van der Waals surface area contributed by atoms with Crippen molar-refractivity contribution >= 4 is 0 Å². The van der Waals surface area contributed by atoms with Crippen LogP contribution >= 0.6 is 0 Å². The molecule has 0 aliphatic heterocycles. The van der Waals surface area contributed by atoms with Crippen molar-refractivity contribution in [2.24, 2.45) is 5.41 Å². The minimum absolute atomic E-state index is 0.328. The SMILES string of the molecule is CC(C#N)=CCC1=C(C)CCCC1(C)C. The summed E-state index contributed by atoms with van der Waals surface area (Å²) < 4.78 is 0. The van der Waals surface area contributed by atoms with Gasteiger partial charge < -0.3 is 0 Å². The van der Waals surface area contributed by atoms with Gasteiger partial charge in [-0.15, -0.1) is 0 Å². The zero-order valence-corrected chi connectivity index (χ0v) is 10.4. The molecule has 15 heavy (non-hydrogen) atoms. The molecule has 0 bridgehead atoms. The van der Waals surface area contributed by atoms with Crippen LogP contribution in [0, 0.1) is 16.7 Å². The monoisotopic (exact) mass is 203 g/mol. The molecule has 1 nitrogen and oxygen atoms in total. The third kappa shape index (κ3) is 2.96. The quantitative estimate of drug-likeness (QED) is 0.483. The Labute approximate surface area is 93.5 Å². The van der Waals surface area contributed by atoms with Gasteiger partial charge in [-0.05, 0) is 44.9 Å². The third-order valence-corrected chi connectivity index (χ3v) is 3.47. The first-order valence-corrected chi connectivity index (χ1v) is 5.73. The Morgan fingerprint density at radius 2 is 2.20 bits per heavy atom. The van der Waals surface area contributed by atoms with E-state index in [-0.39, 0.29) is 0 Å². The zero-order chi connectivity index (χ0) is 11.5. The topological polar surface area (TPSA) is 23.8 Å². The summed E-state index contributed by atoms with van der Waals surface area (Å²) in [5, 5.41) is 8.73. The first-order chi connectivity index (χ1) is 6.97. The van der Waals surface area contributed by atoms with E-state index >= 15 is 0 Å². The summed E-state index contributed by atoms with van der Waals surface area (Å²) in [5.74, 6) is 0. The Morgan fingerprint density at radius 3 is 2.73 bits per heavy atom. The van der Waals surface area contributed by atoms with Gasteiger partial charge in [-0.2, -0.15) is 5.26 Å². The van der Waals surface area contributed by atoms with Crippen molar-refractivity contribution in [1.29, 1.82) is 5.26 Å². The smallest absolute Gasteiger partial charge is 0.0940 e. The Hall–Kier alpha value is -1.03. The molecule has 0 aromatic carbocycles. The first kappa shape index (κ1) is 12.0. The minimum Gasteiger partial charge on any atom is -0.193 e. The second kappa shape index (κ2) is 4.66. The van der Waals surface area contributed by atoms with Crippen LogP contribution in [0.4, 0.5) is 0 Å². The van der Waals surface area contributed by atoms with E-state index in [9.17, 15) is 0 Å². The second-order valence-corrected chi connectivity index (χ2v) is 5.20. The highest BCUT2D eigenvalue weighted by Gasteiger charge is 2.27. The van der Waals surface area contributed by atoms with Gasteiger partial charge in [0.2, 0.25) is 0 Å². The summed E-state index contributed by atoms with van der Waals surface area (Å²) in [5.41, 5.74) is 4.24. The fourth-order valence-corrected chi connectivity index (χ4v) is 2.43. The zero-order valence-electron chi connectivity index (χ0n) is 10.4. The molecule has 0 aromatic rings. The maximum atomic E-state index is 8.73. The molecule has 1 heteroatoms. The van der Waals surface area contributed by atoms with E-state index in [1.165, 1.54) is 24.8 Å². The lowest BCUT2D eigenvalue weighted by Crippen LogP contribution is -2.20. The standard InChI is InChI=1S/C14H21N/c1-11(10-15)7-8-13-12(2)6-5-9-14(13,3)4/h7H,5-6,8-9H2,1-4H3. The van der Waals surface area contributed by atoms with Crippen LogP contribution in [-0.4, -0.2) is 0 Å². The summed E-state index contributed by atoms with van der Waals surface area (Å²) in [6.45, 7) is 8.76. The van der Waals surface area contributed by atoms with Crippen molar-refractivity contribution in [3.63, 3.8) is 0 Å². The van der Waals surface area contributed by atoms with Gasteiger partial charge in [0.15, 0.2) is 0 Å².